The summed E-state index contributed by atoms with van der Waals surface area (Å²) in [5.74, 6) is 0. The van der Waals surface area contributed by atoms with Gasteiger partial charge >= 0.3 is 37.7 Å². The zero-order chi connectivity index (χ0) is 7.71. The van der Waals surface area contributed by atoms with E-state index in [1.807, 2.05) is 0 Å². The van der Waals surface area contributed by atoms with Crippen molar-refractivity contribution in [1.82, 2.24) is 0 Å². The molecule has 0 aliphatic heterocycles. The molecule has 0 saturated carbocycles. The number of rotatable bonds is 2. The van der Waals surface area contributed by atoms with Gasteiger partial charge in [-0.15, -0.1) is 0 Å². The van der Waals surface area contributed by atoms with Gasteiger partial charge < -0.3 is 9.11 Å². The minimum Gasteiger partial charge on any atom is -0.725 e. The van der Waals surface area contributed by atoms with Crippen LogP contribution in [-0.4, -0.2) is 25.9 Å². The van der Waals surface area contributed by atoms with Gasteiger partial charge in [0.25, 0.3) is 0 Å². The van der Waals surface area contributed by atoms with E-state index in [2.05, 4.69) is 3.63 Å². The molecule has 0 spiro atoms. The summed E-state index contributed by atoms with van der Waals surface area (Å²) < 4.78 is 58.2. The van der Waals surface area contributed by atoms with Crippen molar-refractivity contribution < 1.29 is 67.3 Å². The molecule has 0 saturated heterocycles. The van der Waals surface area contributed by atoms with Crippen molar-refractivity contribution in [3.8, 4) is 0 Å². The van der Waals surface area contributed by atoms with Crippen molar-refractivity contribution in [2.75, 3.05) is 0 Å². The van der Waals surface area contributed by atoms with Crippen LogP contribution in [0.5, 0.6) is 0 Å². The fourth-order valence-corrected chi connectivity index (χ4v) is 0.919. The van der Waals surface area contributed by atoms with Gasteiger partial charge in [-0.1, -0.05) is 0 Å². The minimum atomic E-state index is -5.43. The van der Waals surface area contributed by atoms with Gasteiger partial charge in [0.15, 0.2) is 0 Å². The van der Waals surface area contributed by atoms with Crippen LogP contribution >= 0.6 is 0 Å². The smallest absolute Gasteiger partial charge is 0.725 e. The van der Waals surface area contributed by atoms with E-state index in [-0.39, 0.29) is 37.7 Å². The molecule has 0 radical (unpaired) electrons. The standard InChI is InChI=1S/2Li.H2O7S2/c;;1-8(2,3)7-9(4,5)6/h;;(H,1,2,3)(H,4,5,6)/q2*+1;/p-2. The molecule has 11 heavy (non-hydrogen) atoms. The number of hydrogen-bond donors (Lipinski definition) is 0. The third kappa shape index (κ3) is 18.2. The maximum absolute atomic E-state index is 9.29. The Morgan fingerprint density at radius 2 is 1.00 bits per heavy atom. The van der Waals surface area contributed by atoms with E-state index in [1.54, 1.807) is 0 Å². The molecular weight excluding hydrogens is 190 g/mol. The average Bonchev–Trinajstić information content (AvgIpc) is 1.14. The number of hydrogen-bond acceptors (Lipinski definition) is 7. The fraction of sp³-hybridized carbons (Fsp3) is 0. The van der Waals surface area contributed by atoms with Crippen molar-refractivity contribution in [2.24, 2.45) is 0 Å². The fourth-order valence-electron chi connectivity index (χ4n) is 0.102. The minimum absolute atomic E-state index is 0. The van der Waals surface area contributed by atoms with Crippen LogP contribution in [0.2, 0.25) is 0 Å². The van der Waals surface area contributed by atoms with Gasteiger partial charge in [0, 0.05) is 0 Å². The van der Waals surface area contributed by atoms with Gasteiger partial charge in [-0.05, 0) is 0 Å². The summed E-state index contributed by atoms with van der Waals surface area (Å²) in [6.45, 7) is 0. The average molecular weight is 190 g/mol. The van der Waals surface area contributed by atoms with Gasteiger partial charge in [-0.3, -0.25) is 0 Å². The quantitative estimate of drug-likeness (QED) is 0.240. The second-order valence-corrected chi connectivity index (χ2v) is 3.06. The molecule has 0 aromatic rings. The first kappa shape index (κ1) is 17.9. The molecular formula is Li2O7S2. The van der Waals surface area contributed by atoms with Crippen molar-refractivity contribution in [3.05, 3.63) is 0 Å². The molecule has 0 bridgehead atoms. The first-order valence-corrected chi connectivity index (χ1v) is 4.00. The van der Waals surface area contributed by atoms with Gasteiger partial charge in [-0.2, -0.15) is 3.63 Å². The second-order valence-electron chi connectivity index (χ2n) is 0.885. The molecule has 0 unspecified atom stereocenters. The molecule has 0 amide bonds. The van der Waals surface area contributed by atoms with Gasteiger partial charge in [-0.25, -0.2) is 16.8 Å². The summed E-state index contributed by atoms with van der Waals surface area (Å²) in [5, 5.41) is 0. The maximum Gasteiger partial charge on any atom is 1.00 e. The molecule has 0 aliphatic carbocycles. The molecule has 0 fully saturated rings. The molecule has 0 aromatic heterocycles. The molecule has 11 heteroatoms. The summed E-state index contributed by atoms with van der Waals surface area (Å²) in [7, 11) is -10.9. The summed E-state index contributed by atoms with van der Waals surface area (Å²) in [6.07, 6.45) is 0. The summed E-state index contributed by atoms with van der Waals surface area (Å²) in [4.78, 5) is 0. The predicted molar refractivity (Wildman–Crippen MR) is 20.5 cm³/mol. The van der Waals surface area contributed by atoms with E-state index in [4.69, 9.17) is 0 Å². The first-order valence-electron chi connectivity index (χ1n) is 1.33. The van der Waals surface area contributed by atoms with Crippen LogP contribution in [0.15, 0.2) is 0 Å². The van der Waals surface area contributed by atoms with E-state index >= 15 is 0 Å². The van der Waals surface area contributed by atoms with Crippen molar-refractivity contribution in [3.63, 3.8) is 0 Å². The van der Waals surface area contributed by atoms with Crippen LogP contribution in [0.1, 0.15) is 0 Å². The van der Waals surface area contributed by atoms with Crippen molar-refractivity contribution >= 4 is 20.8 Å². The predicted octanol–water partition coefficient (Wildman–Crippen LogP) is -8.07. The topological polar surface area (TPSA) is 124 Å². The Hall–Kier alpha value is 0.975. The Morgan fingerprint density at radius 3 is 1.00 bits per heavy atom. The summed E-state index contributed by atoms with van der Waals surface area (Å²) >= 11 is 0. The second kappa shape index (κ2) is 5.59. The van der Waals surface area contributed by atoms with Crippen LogP contribution in [-0.2, 0) is 24.4 Å². The molecule has 56 valence electrons. The van der Waals surface area contributed by atoms with Crippen LogP contribution in [0.3, 0.4) is 0 Å². The van der Waals surface area contributed by atoms with Gasteiger partial charge in [0.1, 0.15) is 0 Å². The monoisotopic (exact) mass is 190 g/mol. The van der Waals surface area contributed by atoms with Crippen LogP contribution < -0.4 is 37.7 Å². The maximum atomic E-state index is 9.29. The van der Waals surface area contributed by atoms with Crippen LogP contribution in [0, 0.1) is 0 Å². The molecule has 0 aliphatic rings. The third-order valence-corrected chi connectivity index (χ3v) is 1.50. The SMILES string of the molecule is O=S(=O)([O-])OS(=O)(=O)[O-].[Li+].[Li+]. The van der Waals surface area contributed by atoms with E-state index < -0.39 is 20.8 Å². The van der Waals surface area contributed by atoms with Gasteiger partial charge in [0.05, 0.1) is 0 Å². The van der Waals surface area contributed by atoms with E-state index in [0.29, 0.717) is 0 Å². The molecule has 0 rings (SSSR count). The Kier molecular flexibility index (Phi) is 9.10. The molecule has 0 heterocycles. The molecule has 7 nitrogen and oxygen atoms in total. The largest absolute Gasteiger partial charge is 1.00 e. The summed E-state index contributed by atoms with van der Waals surface area (Å²) in [6, 6.07) is 0. The molecule has 0 aromatic carbocycles. The zero-order valence-electron chi connectivity index (χ0n) is 5.67. The van der Waals surface area contributed by atoms with Crippen LogP contribution in [0.4, 0.5) is 0 Å². The zero-order valence-corrected chi connectivity index (χ0v) is 7.31. The Labute approximate surface area is 87.8 Å². The van der Waals surface area contributed by atoms with E-state index in [1.165, 1.54) is 0 Å². The summed E-state index contributed by atoms with van der Waals surface area (Å²) in [5.41, 5.74) is 0. The normalized spacial score (nSPS) is 11.1. The van der Waals surface area contributed by atoms with Crippen molar-refractivity contribution in [2.45, 2.75) is 0 Å². The van der Waals surface area contributed by atoms with Crippen LogP contribution in [0.25, 0.3) is 0 Å². The van der Waals surface area contributed by atoms with Crippen molar-refractivity contribution in [1.29, 1.82) is 0 Å². The van der Waals surface area contributed by atoms with Gasteiger partial charge in [0.2, 0.25) is 20.8 Å². The van der Waals surface area contributed by atoms with E-state index in [9.17, 15) is 25.9 Å². The van der Waals surface area contributed by atoms with E-state index in [0.717, 1.165) is 0 Å². The third-order valence-electron chi connectivity index (χ3n) is 0.167. The Balaban J connectivity index is -0.000000320. The molecule has 0 N–H and O–H groups in total. The Morgan fingerprint density at radius 1 is 0.818 bits per heavy atom. The Bertz CT molecular complexity index is 240. The molecule has 0 atom stereocenters. The first-order chi connectivity index (χ1) is 3.71.